The number of nitrogens with one attached hydrogen (secondary N) is 2. The van der Waals surface area contributed by atoms with Crippen LogP contribution < -0.4 is 5.32 Å². The van der Waals surface area contributed by atoms with Gasteiger partial charge >= 0.3 is 5.97 Å². The zero-order valence-corrected chi connectivity index (χ0v) is 21.1. The first-order valence-electron chi connectivity index (χ1n) is 11.5. The summed E-state index contributed by atoms with van der Waals surface area (Å²) in [6, 6.07) is 24.3. The number of rotatable bonds is 6. The van der Waals surface area contributed by atoms with E-state index < -0.39 is 11.9 Å². The molecule has 3 N–H and O–H groups in total. The van der Waals surface area contributed by atoms with Gasteiger partial charge in [-0.3, -0.25) is 4.79 Å². The fourth-order valence-corrected chi connectivity index (χ4v) is 4.78. The average Bonchev–Trinajstić information content (AvgIpc) is 3.32. The monoisotopic (exact) mass is 529 g/mol. The third-order valence-corrected chi connectivity index (χ3v) is 6.73. The van der Waals surface area contributed by atoms with E-state index in [0.717, 1.165) is 16.6 Å². The number of carbonyl (C=O) groups excluding carboxylic acids is 1. The van der Waals surface area contributed by atoms with E-state index in [1.807, 2.05) is 49.4 Å². The zero-order chi connectivity index (χ0) is 26.1. The fourth-order valence-electron chi connectivity index (χ4n) is 4.31. The summed E-state index contributed by atoms with van der Waals surface area (Å²) in [5.74, 6) is -0.996. The molecule has 4 aromatic carbocycles. The van der Waals surface area contributed by atoms with Gasteiger partial charge in [-0.25, -0.2) is 9.78 Å². The number of imidazole rings is 1. The molecule has 0 fully saturated rings. The van der Waals surface area contributed by atoms with Crippen molar-refractivity contribution in [1.29, 1.82) is 0 Å². The Balaban J connectivity index is 1.54. The Morgan fingerprint density at radius 3 is 2.38 bits per heavy atom. The third kappa shape index (κ3) is 4.94. The van der Waals surface area contributed by atoms with Gasteiger partial charge < -0.3 is 15.4 Å². The number of amides is 1. The molecule has 1 atom stereocenters. The predicted octanol–water partition coefficient (Wildman–Crippen LogP) is 7.39. The van der Waals surface area contributed by atoms with Crippen molar-refractivity contribution in [3.05, 3.63) is 112 Å². The van der Waals surface area contributed by atoms with Crippen LogP contribution in [0.4, 0.5) is 0 Å². The predicted molar refractivity (Wildman–Crippen MR) is 146 cm³/mol. The summed E-state index contributed by atoms with van der Waals surface area (Å²) in [7, 11) is 0. The summed E-state index contributed by atoms with van der Waals surface area (Å²) in [5.41, 5.74) is 4.29. The zero-order valence-electron chi connectivity index (χ0n) is 19.6. The molecule has 37 heavy (non-hydrogen) atoms. The molecule has 184 valence electrons. The maximum Gasteiger partial charge on any atom is 0.336 e. The Labute approximate surface area is 222 Å². The number of carboxylic acid groups (broad SMARTS) is 1. The second-order valence-electron chi connectivity index (χ2n) is 8.57. The maximum absolute atomic E-state index is 13.0. The molecule has 0 spiro atoms. The summed E-state index contributed by atoms with van der Waals surface area (Å²) >= 11 is 12.6. The quantitative estimate of drug-likeness (QED) is 0.213. The van der Waals surface area contributed by atoms with Crippen molar-refractivity contribution in [2.45, 2.75) is 13.0 Å². The summed E-state index contributed by atoms with van der Waals surface area (Å²) < 4.78 is 0. The molecule has 0 saturated heterocycles. The summed E-state index contributed by atoms with van der Waals surface area (Å²) in [4.78, 5) is 33.3. The minimum atomic E-state index is -1.17. The first-order valence-corrected chi connectivity index (χ1v) is 12.2. The Bertz CT molecular complexity index is 1630. The van der Waals surface area contributed by atoms with Crippen molar-refractivity contribution in [3.8, 4) is 22.5 Å². The Morgan fingerprint density at radius 2 is 1.62 bits per heavy atom. The van der Waals surface area contributed by atoms with E-state index in [9.17, 15) is 14.7 Å². The van der Waals surface area contributed by atoms with Gasteiger partial charge in [0.1, 0.15) is 5.82 Å². The van der Waals surface area contributed by atoms with Gasteiger partial charge in [-0.15, -0.1) is 0 Å². The van der Waals surface area contributed by atoms with Gasteiger partial charge in [-0.2, -0.15) is 0 Å². The van der Waals surface area contributed by atoms with Crippen molar-refractivity contribution in [2.24, 2.45) is 0 Å². The van der Waals surface area contributed by atoms with Crippen molar-refractivity contribution in [3.63, 3.8) is 0 Å². The standard InChI is InChI=1S/C29H21Cl2N3O3/c1-16(19-6-2-3-7-24(19)31)32-28(35)17-10-12-20(23(14-17)29(36)37)22-15-18(30)11-13-21(22)27-33-25-8-4-5-9-26(25)34-27/h2-16H,1H3,(H,32,35)(H,33,34)(H,36,37). The molecule has 1 unspecified atom stereocenters. The van der Waals surface area contributed by atoms with Gasteiger partial charge in [0.05, 0.1) is 22.6 Å². The topological polar surface area (TPSA) is 95.1 Å². The van der Waals surface area contributed by atoms with E-state index in [2.05, 4.69) is 15.3 Å². The van der Waals surface area contributed by atoms with Crippen LogP contribution in [0, 0.1) is 0 Å². The number of aromatic nitrogens is 2. The number of para-hydroxylation sites is 2. The number of nitrogens with zero attached hydrogens (tertiary/aromatic N) is 1. The molecule has 0 radical (unpaired) electrons. The minimum Gasteiger partial charge on any atom is -0.478 e. The van der Waals surface area contributed by atoms with Gasteiger partial charge in [0.15, 0.2) is 0 Å². The van der Waals surface area contributed by atoms with Gasteiger partial charge in [0.2, 0.25) is 0 Å². The summed E-state index contributed by atoms with van der Waals surface area (Å²) in [5, 5.41) is 13.9. The highest BCUT2D eigenvalue weighted by atomic mass is 35.5. The number of fused-ring (bicyclic) bond motifs is 1. The highest BCUT2D eigenvalue weighted by Gasteiger charge is 2.21. The number of aromatic amines is 1. The van der Waals surface area contributed by atoms with Crippen LogP contribution in [0.1, 0.15) is 39.2 Å². The van der Waals surface area contributed by atoms with Crippen LogP contribution in [-0.4, -0.2) is 27.0 Å². The van der Waals surface area contributed by atoms with Crippen molar-refractivity contribution < 1.29 is 14.7 Å². The Kier molecular flexibility index (Phi) is 6.70. The summed E-state index contributed by atoms with van der Waals surface area (Å²) in [6.45, 7) is 1.82. The van der Waals surface area contributed by atoms with Crippen LogP contribution in [0.15, 0.2) is 84.9 Å². The Morgan fingerprint density at radius 1 is 0.892 bits per heavy atom. The van der Waals surface area contributed by atoms with Gasteiger partial charge in [0.25, 0.3) is 5.91 Å². The maximum atomic E-state index is 13.0. The SMILES string of the molecule is CC(NC(=O)c1ccc(-c2cc(Cl)ccc2-c2nc3ccccc3[nH]2)c(C(=O)O)c1)c1ccccc1Cl. The number of halogens is 2. The van der Waals surface area contributed by atoms with Crippen LogP contribution >= 0.6 is 23.2 Å². The van der Waals surface area contributed by atoms with Crippen molar-refractivity contribution in [1.82, 2.24) is 15.3 Å². The highest BCUT2D eigenvalue weighted by molar-refractivity contribution is 6.31. The van der Waals surface area contributed by atoms with E-state index in [0.29, 0.717) is 32.6 Å². The average molecular weight is 530 g/mol. The van der Waals surface area contributed by atoms with Crippen molar-refractivity contribution in [2.75, 3.05) is 0 Å². The largest absolute Gasteiger partial charge is 0.478 e. The van der Waals surface area contributed by atoms with E-state index in [1.54, 1.807) is 36.4 Å². The normalized spacial score (nSPS) is 11.9. The summed E-state index contributed by atoms with van der Waals surface area (Å²) in [6.07, 6.45) is 0. The molecule has 0 aliphatic rings. The van der Waals surface area contributed by atoms with Gasteiger partial charge in [-0.1, -0.05) is 59.6 Å². The van der Waals surface area contributed by atoms with Gasteiger partial charge in [0, 0.05) is 21.2 Å². The van der Waals surface area contributed by atoms with E-state index in [-0.39, 0.29) is 17.2 Å². The smallest absolute Gasteiger partial charge is 0.336 e. The van der Waals surface area contributed by atoms with E-state index in [1.165, 1.54) is 6.07 Å². The molecule has 1 aromatic heterocycles. The number of carboxylic acids is 1. The molecule has 1 heterocycles. The molecule has 5 rings (SSSR count). The lowest BCUT2D eigenvalue weighted by molar-refractivity contribution is 0.0697. The Hall–Kier alpha value is -4.13. The van der Waals surface area contributed by atoms with Crippen LogP contribution in [0.25, 0.3) is 33.5 Å². The minimum absolute atomic E-state index is 0.0299. The number of hydrogen-bond donors (Lipinski definition) is 3. The van der Waals surface area contributed by atoms with Crippen LogP contribution in [-0.2, 0) is 0 Å². The molecule has 8 heteroatoms. The second-order valence-corrected chi connectivity index (χ2v) is 9.42. The van der Waals surface area contributed by atoms with Crippen molar-refractivity contribution >= 4 is 46.1 Å². The first-order chi connectivity index (χ1) is 17.8. The lowest BCUT2D eigenvalue weighted by Gasteiger charge is -2.17. The fraction of sp³-hybridized carbons (Fsp3) is 0.0690. The van der Waals surface area contributed by atoms with Crippen LogP contribution in [0.3, 0.4) is 0 Å². The van der Waals surface area contributed by atoms with Gasteiger partial charge in [-0.05, 0) is 72.1 Å². The molecule has 0 saturated carbocycles. The van der Waals surface area contributed by atoms with E-state index >= 15 is 0 Å². The molecule has 6 nitrogen and oxygen atoms in total. The first kappa shape index (κ1) is 24.6. The second kappa shape index (κ2) is 10.1. The molecular formula is C29H21Cl2N3O3. The molecule has 5 aromatic rings. The lowest BCUT2D eigenvalue weighted by atomic mass is 9.93. The van der Waals surface area contributed by atoms with Crippen LogP contribution in [0.5, 0.6) is 0 Å². The number of benzene rings is 4. The number of hydrogen-bond acceptors (Lipinski definition) is 3. The van der Waals surface area contributed by atoms with Crippen LogP contribution in [0.2, 0.25) is 10.0 Å². The number of carbonyl (C=O) groups is 2. The number of aromatic carboxylic acids is 1. The van der Waals surface area contributed by atoms with E-state index in [4.69, 9.17) is 23.2 Å². The molecule has 0 aliphatic carbocycles. The molecule has 0 aliphatic heterocycles. The lowest BCUT2D eigenvalue weighted by Crippen LogP contribution is -2.27. The number of H-pyrrole nitrogens is 1. The highest BCUT2D eigenvalue weighted by Crippen LogP contribution is 2.36. The molecule has 1 amide bonds. The molecular weight excluding hydrogens is 509 g/mol. The molecule has 0 bridgehead atoms. The third-order valence-electron chi connectivity index (χ3n) is 6.15.